The minimum Gasteiger partial charge on any atom is -0.777 e. The third kappa shape index (κ3) is 12.1. The van der Waals surface area contributed by atoms with E-state index in [0.717, 1.165) is 0 Å². The third-order valence-corrected chi connectivity index (χ3v) is 4.75. The van der Waals surface area contributed by atoms with E-state index in [9.17, 15) is 29.3 Å². The van der Waals surface area contributed by atoms with Crippen molar-refractivity contribution in [1.82, 2.24) is 4.90 Å². The van der Waals surface area contributed by atoms with E-state index < -0.39 is 50.4 Å². The summed E-state index contributed by atoms with van der Waals surface area (Å²) >= 11 is 0. The van der Waals surface area contributed by atoms with Crippen LogP contribution in [0.3, 0.4) is 0 Å². The van der Waals surface area contributed by atoms with E-state index in [1.807, 2.05) is 0 Å². The van der Waals surface area contributed by atoms with E-state index in [0.29, 0.717) is 4.90 Å². The first kappa shape index (κ1) is 34.5. The van der Waals surface area contributed by atoms with Crippen LogP contribution in [0.15, 0.2) is 0 Å². The molecule has 0 amide bonds. The van der Waals surface area contributed by atoms with Crippen molar-refractivity contribution in [1.29, 1.82) is 0 Å². The molecule has 0 aliphatic carbocycles. The minimum atomic E-state index is -4.99. The van der Waals surface area contributed by atoms with E-state index in [4.69, 9.17) is 14.0 Å². The molecule has 0 aromatic rings. The average Bonchev–Trinajstić information content (AvgIpc) is 2.74. The molecule has 1 fully saturated rings. The van der Waals surface area contributed by atoms with Crippen molar-refractivity contribution >= 4 is 19.5 Å². The number of carboxylic acids is 2. The summed E-state index contributed by atoms with van der Waals surface area (Å²) in [5.41, 5.74) is 0. The summed E-state index contributed by atoms with van der Waals surface area (Å²) in [5, 5.41) is 21.8. The monoisotopic (exact) mass is 469 g/mol. The number of hydrogen-bond donors (Lipinski definition) is 0. The normalized spacial score (nSPS) is 21.5. The standard InChI is InChI=1S/C12H22NO9P.3K/c1-4-13(5-9(14)15)10(11(16)17)23(18,19)21-7-8-6-20-12(2,3)22-8;;;/h8,10H,4-7H2,1-3H3,(H,14,15)(H,16,17)(H,18,19);;;/q;3*+1/p-3/t8-,10?;;;/m1.../s1. The van der Waals surface area contributed by atoms with Crippen LogP contribution in [-0.2, 0) is 28.2 Å². The van der Waals surface area contributed by atoms with E-state index >= 15 is 0 Å². The number of carbonyl (C=O) groups is 2. The number of rotatable bonds is 9. The summed E-state index contributed by atoms with van der Waals surface area (Å²) in [4.78, 5) is 34.5. The molecule has 3 atom stereocenters. The Hall–Kier alpha value is 3.88. The molecule has 1 saturated heterocycles. The van der Waals surface area contributed by atoms with Gasteiger partial charge in [-0.05, 0) is 20.4 Å². The number of hydrogen-bond acceptors (Lipinski definition) is 10. The molecule has 14 heteroatoms. The second kappa shape index (κ2) is 15.6. The van der Waals surface area contributed by atoms with Crippen LogP contribution in [-0.4, -0.2) is 60.8 Å². The zero-order valence-electron chi connectivity index (χ0n) is 16.1. The molecule has 0 aromatic heterocycles. The number of likely N-dealkylation sites (N-methyl/N-ethyl adjacent to an activating group) is 1. The predicted octanol–water partition coefficient (Wildman–Crippen LogP) is -12.1. The molecule has 1 rings (SSSR count). The molecule has 0 N–H and O–H groups in total. The van der Waals surface area contributed by atoms with Gasteiger partial charge in [-0.3, -0.25) is 4.90 Å². The van der Waals surface area contributed by atoms with Gasteiger partial charge in [0.05, 0.1) is 25.2 Å². The molecule has 134 valence electrons. The molecule has 0 saturated carbocycles. The van der Waals surface area contributed by atoms with Crippen LogP contribution in [0, 0.1) is 0 Å². The Morgan fingerprint density at radius 2 is 1.85 bits per heavy atom. The topological polar surface area (TPSA) is 151 Å². The zero-order chi connectivity index (χ0) is 17.8. The molecule has 26 heavy (non-hydrogen) atoms. The van der Waals surface area contributed by atoms with Crippen LogP contribution in [0.4, 0.5) is 0 Å². The maximum Gasteiger partial charge on any atom is 1.00 e. The Bertz CT molecular complexity index is 508. The summed E-state index contributed by atoms with van der Waals surface area (Å²) in [6, 6.07) is 0. The Kier molecular flexibility index (Phi) is 20.8. The maximum absolute atomic E-state index is 12.1. The van der Waals surface area contributed by atoms with E-state index in [1.54, 1.807) is 13.8 Å². The number of ether oxygens (including phenoxy) is 2. The van der Waals surface area contributed by atoms with Crippen molar-refractivity contribution < 1.29 is 197 Å². The molecule has 1 aliphatic rings. The van der Waals surface area contributed by atoms with Crippen molar-refractivity contribution in [2.24, 2.45) is 0 Å². The van der Waals surface area contributed by atoms with Gasteiger partial charge < -0.3 is 43.3 Å². The molecule has 10 nitrogen and oxygen atoms in total. The van der Waals surface area contributed by atoms with Crippen LogP contribution < -0.4 is 169 Å². The van der Waals surface area contributed by atoms with Crippen molar-refractivity contribution in [3.05, 3.63) is 0 Å². The van der Waals surface area contributed by atoms with Gasteiger partial charge in [0.2, 0.25) is 0 Å². The van der Waals surface area contributed by atoms with Gasteiger partial charge in [-0.15, -0.1) is 0 Å². The second-order valence-electron chi connectivity index (χ2n) is 5.41. The van der Waals surface area contributed by atoms with Crippen LogP contribution in [0.2, 0.25) is 0 Å². The fraction of sp³-hybridized carbons (Fsp3) is 0.833. The van der Waals surface area contributed by atoms with E-state index in [2.05, 4.69) is 0 Å². The fourth-order valence-corrected chi connectivity index (χ4v) is 3.54. The van der Waals surface area contributed by atoms with Crippen molar-refractivity contribution in [2.75, 3.05) is 26.3 Å². The first-order valence-electron chi connectivity index (χ1n) is 6.90. The van der Waals surface area contributed by atoms with Crippen LogP contribution in [0.1, 0.15) is 20.8 Å². The Morgan fingerprint density at radius 3 is 2.19 bits per heavy atom. The van der Waals surface area contributed by atoms with Crippen LogP contribution >= 0.6 is 7.60 Å². The fourth-order valence-electron chi connectivity index (χ4n) is 2.12. The van der Waals surface area contributed by atoms with Gasteiger partial charge in [0, 0.05) is 6.54 Å². The number of aliphatic carboxylic acids is 2. The first-order valence-corrected chi connectivity index (χ1v) is 8.51. The molecule has 2 unspecified atom stereocenters. The zero-order valence-corrected chi connectivity index (χ0v) is 26.3. The largest absolute Gasteiger partial charge is 1.00 e. The first-order chi connectivity index (χ1) is 10.5. The van der Waals surface area contributed by atoms with Crippen LogP contribution in [0.25, 0.3) is 0 Å². The van der Waals surface area contributed by atoms with Gasteiger partial charge >= 0.3 is 154 Å². The van der Waals surface area contributed by atoms with Crippen molar-refractivity contribution in [2.45, 2.75) is 38.4 Å². The van der Waals surface area contributed by atoms with E-state index in [-0.39, 0.29) is 167 Å². The van der Waals surface area contributed by atoms with Gasteiger partial charge in [-0.2, -0.15) is 0 Å². The van der Waals surface area contributed by atoms with E-state index in [1.165, 1.54) is 6.92 Å². The third-order valence-electron chi connectivity index (χ3n) is 3.10. The second-order valence-corrected chi connectivity index (χ2v) is 7.24. The summed E-state index contributed by atoms with van der Waals surface area (Å²) in [5.74, 6) is -6.72. The summed E-state index contributed by atoms with van der Waals surface area (Å²) in [6.45, 7) is 3.24. The summed E-state index contributed by atoms with van der Waals surface area (Å²) < 4.78 is 27.4. The number of carbonyl (C=O) groups excluding carboxylic acids is 2. The van der Waals surface area contributed by atoms with Gasteiger partial charge in [0.15, 0.2) is 13.4 Å². The summed E-state index contributed by atoms with van der Waals surface area (Å²) in [7, 11) is -4.99. The summed E-state index contributed by atoms with van der Waals surface area (Å²) in [6.07, 6.45) is -0.689. The van der Waals surface area contributed by atoms with Crippen LogP contribution in [0.5, 0.6) is 0 Å². The van der Waals surface area contributed by atoms with Gasteiger partial charge in [-0.25, -0.2) is 0 Å². The maximum atomic E-state index is 12.1. The Morgan fingerprint density at radius 1 is 1.31 bits per heavy atom. The molecular formula is C12H19K3NO9P. The quantitative estimate of drug-likeness (QED) is 0.235. The molecule has 1 aliphatic heterocycles. The van der Waals surface area contributed by atoms with Gasteiger partial charge in [-0.1, -0.05) is 6.92 Å². The Labute approximate surface area is 280 Å². The molecule has 0 aromatic carbocycles. The molecule has 0 bridgehead atoms. The smallest absolute Gasteiger partial charge is 0.777 e. The minimum absolute atomic E-state index is 0. The molecule has 0 radical (unpaired) electrons. The molecule has 1 heterocycles. The Balaban J connectivity index is -0.00000176. The van der Waals surface area contributed by atoms with Crippen molar-refractivity contribution in [3.63, 3.8) is 0 Å². The average molecular weight is 470 g/mol. The van der Waals surface area contributed by atoms with Gasteiger partial charge in [0.25, 0.3) is 0 Å². The van der Waals surface area contributed by atoms with Gasteiger partial charge in [0.1, 0.15) is 11.9 Å². The molecule has 0 spiro atoms. The predicted molar refractivity (Wildman–Crippen MR) is 69.5 cm³/mol. The molecular weight excluding hydrogens is 450 g/mol. The SMILES string of the molecule is CCN(CC(=O)[O-])C(C(=O)[O-])P(=O)([O-])OC[C@H]1COC(C)(C)O1.[K+].[K+].[K+]. The number of nitrogens with zero attached hydrogens (tertiary/aromatic N) is 1. The van der Waals surface area contributed by atoms with Crippen molar-refractivity contribution in [3.8, 4) is 0 Å². The number of carboxylic acid groups (broad SMARTS) is 2.